The fourth-order valence-electron chi connectivity index (χ4n) is 2.66. The smallest absolute Gasteiger partial charge is 0.305 e. The van der Waals surface area contributed by atoms with Crippen LogP contribution in [-0.2, 0) is 4.79 Å². The van der Waals surface area contributed by atoms with Crippen molar-refractivity contribution in [1.82, 2.24) is 0 Å². The van der Waals surface area contributed by atoms with E-state index in [9.17, 15) is 9.59 Å². The number of anilines is 1. The minimum atomic E-state index is -0.764. The molecule has 1 saturated heterocycles. The van der Waals surface area contributed by atoms with E-state index in [1.54, 1.807) is 13.0 Å². The topological polar surface area (TPSA) is 57.6 Å². The summed E-state index contributed by atoms with van der Waals surface area (Å²) in [4.78, 5) is 24.5. The van der Waals surface area contributed by atoms with Crippen LogP contribution in [0.2, 0.25) is 0 Å². The number of hydrogen-bond acceptors (Lipinski definition) is 3. The first kappa shape index (κ1) is 13.6. The molecule has 0 aromatic heterocycles. The van der Waals surface area contributed by atoms with Crippen LogP contribution in [0.5, 0.6) is 0 Å². The molecule has 102 valence electrons. The number of carboxylic acids is 1. The molecular formula is C15H19NO3. The summed E-state index contributed by atoms with van der Waals surface area (Å²) < 4.78 is 0. The highest BCUT2D eigenvalue weighted by Gasteiger charge is 2.25. The average molecular weight is 261 g/mol. The van der Waals surface area contributed by atoms with Crippen LogP contribution < -0.4 is 4.90 Å². The maximum Gasteiger partial charge on any atom is 0.305 e. The minimum Gasteiger partial charge on any atom is -0.481 e. The van der Waals surface area contributed by atoms with Gasteiger partial charge in [0, 0.05) is 23.8 Å². The Labute approximate surface area is 113 Å². The van der Waals surface area contributed by atoms with Crippen molar-refractivity contribution in [3.63, 3.8) is 0 Å². The number of carbonyl (C=O) groups is 2. The summed E-state index contributed by atoms with van der Waals surface area (Å²) >= 11 is 0. The van der Waals surface area contributed by atoms with E-state index in [0.29, 0.717) is 5.56 Å². The molecule has 1 aromatic rings. The third kappa shape index (κ3) is 3.34. The molecule has 19 heavy (non-hydrogen) atoms. The Kier molecular flexibility index (Phi) is 4.20. The summed E-state index contributed by atoms with van der Waals surface area (Å²) in [6.07, 6.45) is 3.20. The number of Topliss-reactive ketones (excluding diaryl/α,β-unsaturated/α-hetero) is 1. The molecule has 1 aromatic carbocycles. The molecule has 1 heterocycles. The fraction of sp³-hybridized carbons (Fsp3) is 0.467. The normalized spacial score (nSPS) is 19.2. The Bertz CT molecular complexity index is 484. The number of carboxylic acid groups (broad SMARTS) is 1. The molecular weight excluding hydrogens is 242 g/mol. The molecule has 2 rings (SSSR count). The van der Waals surface area contributed by atoms with Gasteiger partial charge in [0.05, 0.1) is 6.42 Å². The molecule has 0 saturated carbocycles. The van der Waals surface area contributed by atoms with E-state index in [2.05, 4.69) is 4.90 Å². The van der Waals surface area contributed by atoms with Crippen LogP contribution >= 0.6 is 0 Å². The summed E-state index contributed by atoms with van der Waals surface area (Å²) in [5.41, 5.74) is 1.63. The van der Waals surface area contributed by atoms with Crippen molar-refractivity contribution >= 4 is 17.4 Å². The minimum absolute atomic E-state index is 0.0356. The average Bonchev–Trinajstić information content (AvgIpc) is 2.39. The molecule has 0 spiro atoms. The molecule has 1 atom stereocenters. The third-order valence-electron chi connectivity index (χ3n) is 3.62. The van der Waals surface area contributed by atoms with Crippen LogP contribution in [0.3, 0.4) is 0 Å². The lowest BCUT2D eigenvalue weighted by Gasteiger charge is -2.37. The Morgan fingerprint density at radius 2 is 2.16 bits per heavy atom. The first-order chi connectivity index (χ1) is 9.08. The van der Waals surface area contributed by atoms with E-state index in [1.165, 1.54) is 0 Å². The second kappa shape index (κ2) is 5.87. The summed E-state index contributed by atoms with van der Waals surface area (Å²) in [5, 5.41) is 8.99. The standard InChI is InChI=1S/C15H19NO3/c1-11(17)12-5-4-7-13(9-12)16-8-3-2-6-14(16)10-15(18)19/h4-5,7,9,14H,2-3,6,8,10H2,1H3,(H,18,19). The van der Waals surface area contributed by atoms with Crippen LogP contribution in [0.4, 0.5) is 5.69 Å². The molecule has 0 aliphatic carbocycles. The number of nitrogens with zero attached hydrogens (tertiary/aromatic N) is 1. The molecule has 1 aliphatic heterocycles. The molecule has 0 bridgehead atoms. The molecule has 4 nitrogen and oxygen atoms in total. The molecule has 0 radical (unpaired) electrons. The Morgan fingerprint density at radius 1 is 1.37 bits per heavy atom. The highest BCUT2D eigenvalue weighted by molar-refractivity contribution is 5.95. The van der Waals surface area contributed by atoms with E-state index >= 15 is 0 Å². The van der Waals surface area contributed by atoms with Crippen molar-refractivity contribution < 1.29 is 14.7 Å². The Hall–Kier alpha value is -1.84. The lowest BCUT2D eigenvalue weighted by molar-refractivity contribution is -0.137. The zero-order valence-corrected chi connectivity index (χ0v) is 11.1. The van der Waals surface area contributed by atoms with Gasteiger partial charge in [-0.15, -0.1) is 0 Å². The fourth-order valence-corrected chi connectivity index (χ4v) is 2.66. The van der Waals surface area contributed by atoms with Crippen LogP contribution in [0.25, 0.3) is 0 Å². The SMILES string of the molecule is CC(=O)c1cccc(N2CCCCC2CC(=O)O)c1. The lowest BCUT2D eigenvalue weighted by Crippen LogP contribution is -2.41. The van der Waals surface area contributed by atoms with E-state index < -0.39 is 5.97 Å². The second-order valence-corrected chi connectivity index (χ2v) is 5.05. The van der Waals surface area contributed by atoms with E-state index in [4.69, 9.17) is 5.11 Å². The van der Waals surface area contributed by atoms with Gasteiger partial charge in [-0.3, -0.25) is 9.59 Å². The summed E-state index contributed by atoms with van der Waals surface area (Å²) in [5.74, 6) is -0.728. The number of hydrogen-bond donors (Lipinski definition) is 1. The van der Waals surface area contributed by atoms with Crippen LogP contribution in [-0.4, -0.2) is 29.4 Å². The van der Waals surface area contributed by atoms with Gasteiger partial charge < -0.3 is 10.0 Å². The summed E-state index contributed by atoms with van der Waals surface area (Å²) in [6.45, 7) is 2.41. The van der Waals surface area contributed by atoms with Gasteiger partial charge in [0.15, 0.2) is 5.78 Å². The van der Waals surface area contributed by atoms with Gasteiger partial charge in [0.25, 0.3) is 0 Å². The van der Waals surface area contributed by atoms with Crippen LogP contribution in [0.1, 0.15) is 43.0 Å². The first-order valence-electron chi connectivity index (χ1n) is 6.67. The van der Waals surface area contributed by atoms with Crippen LogP contribution in [0.15, 0.2) is 24.3 Å². The summed E-state index contributed by atoms with van der Waals surface area (Å²) in [7, 11) is 0. The van der Waals surface area contributed by atoms with Gasteiger partial charge in [0.1, 0.15) is 0 Å². The van der Waals surface area contributed by atoms with Crippen molar-refractivity contribution in [1.29, 1.82) is 0 Å². The summed E-state index contributed by atoms with van der Waals surface area (Å²) in [6, 6.07) is 7.50. The number of piperidine rings is 1. The molecule has 4 heteroatoms. The quantitative estimate of drug-likeness (QED) is 0.847. The van der Waals surface area contributed by atoms with E-state index in [-0.39, 0.29) is 18.2 Å². The van der Waals surface area contributed by atoms with E-state index in [1.807, 2.05) is 18.2 Å². The lowest BCUT2D eigenvalue weighted by atomic mass is 9.98. The number of rotatable bonds is 4. The highest BCUT2D eigenvalue weighted by atomic mass is 16.4. The van der Waals surface area contributed by atoms with Crippen molar-refractivity contribution in [3.05, 3.63) is 29.8 Å². The number of aliphatic carboxylic acids is 1. The number of benzene rings is 1. The zero-order chi connectivity index (χ0) is 13.8. The van der Waals surface area contributed by atoms with Gasteiger partial charge in [0.2, 0.25) is 0 Å². The van der Waals surface area contributed by atoms with Gasteiger partial charge in [-0.05, 0) is 38.3 Å². The van der Waals surface area contributed by atoms with Gasteiger partial charge in [-0.2, -0.15) is 0 Å². The number of carbonyl (C=O) groups excluding carboxylic acids is 1. The van der Waals surface area contributed by atoms with Crippen molar-refractivity contribution in [2.45, 2.75) is 38.6 Å². The maximum atomic E-state index is 11.4. The molecule has 1 fully saturated rings. The second-order valence-electron chi connectivity index (χ2n) is 5.05. The van der Waals surface area contributed by atoms with Crippen molar-refractivity contribution in [2.24, 2.45) is 0 Å². The maximum absolute atomic E-state index is 11.4. The van der Waals surface area contributed by atoms with Gasteiger partial charge >= 0.3 is 5.97 Å². The molecule has 0 amide bonds. The van der Waals surface area contributed by atoms with Crippen LogP contribution in [0, 0.1) is 0 Å². The third-order valence-corrected chi connectivity index (χ3v) is 3.62. The van der Waals surface area contributed by atoms with E-state index in [0.717, 1.165) is 31.5 Å². The zero-order valence-electron chi connectivity index (χ0n) is 11.1. The molecule has 1 unspecified atom stereocenters. The van der Waals surface area contributed by atoms with Crippen molar-refractivity contribution in [3.8, 4) is 0 Å². The number of ketones is 1. The van der Waals surface area contributed by atoms with Gasteiger partial charge in [-0.1, -0.05) is 12.1 Å². The Morgan fingerprint density at radius 3 is 2.84 bits per heavy atom. The molecule has 1 N–H and O–H groups in total. The largest absolute Gasteiger partial charge is 0.481 e. The van der Waals surface area contributed by atoms with Crippen molar-refractivity contribution in [2.75, 3.05) is 11.4 Å². The predicted molar refractivity (Wildman–Crippen MR) is 73.7 cm³/mol. The van der Waals surface area contributed by atoms with Gasteiger partial charge in [-0.25, -0.2) is 0 Å². The predicted octanol–water partition coefficient (Wildman–Crippen LogP) is 2.72. The molecule has 1 aliphatic rings. The first-order valence-corrected chi connectivity index (χ1v) is 6.67. The highest BCUT2D eigenvalue weighted by Crippen LogP contribution is 2.27. The Balaban J connectivity index is 2.24. The monoisotopic (exact) mass is 261 g/mol.